The van der Waals surface area contributed by atoms with Gasteiger partial charge in [0, 0.05) is 19.1 Å². The fraction of sp³-hybridized carbons (Fsp3) is 0.467. The minimum Gasteiger partial charge on any atom is -0.316 e. The van der Waals surface area contributed by atoms with Crippen LogP contribution in [0, 0.1) is 5.82 Å². The van der Waals surface area contributed by atoms with E-state index in [4.69, 9.17) is 11.6 Å². The second kappa shape index (κ2) is 6.73. The Labute approximate surface area is 134 Å². The third-order valence-corrected chi connectivity index (χ3v) is 4.30. The molecule has 0 bridgehead atoms. The standard InChI is InChI=1S/C15H19ClFN5/c1-18-12-3-2-6-21(8-12)9-13-10-22(20-19-13)15-5-4-11(17)7-14(15)16/h4-5,7,10,12,18H,2-3,6,8-9H2,1H3. The zero-order valence-electron chi connectivity index (χ0n) is 12.5. The lowest BCUT2D eigenvalue weighted by Crippen LogP contribution is -2.43. The second-order valence-electron chi connectivity index (χ2n) is 5.61. The number of hydrogen-bond acceptors (Lipinski definition) is 4. The van der Waals surface area contributed by atoms with Gasteiger partial charge in [-0.2, -0.15) is 0 Å². The Morgan fingerprint density at radius 1 is 1.45 bits per heavy atom. The maximum absolute atomic E-state index is 13.1. The number of nitrogens with zero attached hydrogens (tertiary/aromatic N) is 4. The van der Waals surface area contributed by atoms with Gasteiger partial charge in [0.2, 0.25) is 0 Å². The molecule has 0 saturated carbocycles. The Bertz CT molecular complexity index is 645. The summed E-state index contributed by atoms with van der Waals surface area (Å²) in [5.41, 5.74) is 1.52. The van der Waals surface area contributed by atoms with Gasteiger partial charge in [0.05, 0.1) is 22.6 Å². The summed E-state index contributed by atoms with van der Waals surface area (Å²) < 4.78 is 14.7. The first-order valence-corrected chi connectivity index (χ1v) is 7.80. The number of piperidine rings is 1. The molecule has 0 spiro atoms. The van der Waals surface area contributed by atoms with E-state index < -0.39 is 0 Å². The van der Waals surface area contributed by atoms with Crippen LogP contribution in [0.1, 0.15) is 18.5 Å². The average Bonchev–Trinajstić information content (AvgIpc) is 2.95. The summed E-state index contributed by atoms with van der Waals surface area (Å²) in [4.78, 5) is 2.37. The third-order valence-electron chi connectivity index (χ3n) is 4.00. The molecule has 0 amide bonds. The van der Waals surface area contributed by atoms with E-state index in [0.29, 0.717) is 16.8 Å². The van der Waals surface area contributed by atoms with Crippen LogP contribution in [-0.4, -0.2) is 46.1 Å². The maximum atomic E-state index is 13.1. The molecule has 1 atom stereocenters. The zero-order chi connectivity index (χ0) is 15.5. The van der Waals surface area contributed by atoms with Crippen molar-refractivity contribution in [3.05, 3.63) is 40.9 Å². The number of halogens is 2. The molecule has 2 aromatic rings. The maximum Gasteiger partial charge on any atom is 0.124 e. The van der Waals surface area contributed by atoms with Gasteiger partial charge in [-0.05, 0) is 44.6 Å². The minimum atomic E-state index is -0.361. The normalized spacial score (nSPS) is 19.5. The SMILES string of the molecule is CNC1CCCN(Cc2cn(-c3ccc(F)cc3Cl)nn2)C1. The molecule has 1 aliphatic rings. The van der Waals surface area contributed by atoms with Gasteiger partial charge < -0.3 is 5.32 Å². The molecule has 5 nitrogen and oxygen atoms in total. The summed E-state index contributed by atoms with van der Waals surface area (Å²) in [6.07, 6.45) is 4.25. The van der Waals surface area contributed by atoms with Gasteiger partial charge in [0.1, 0.15) is 5.82 Å². The van der Waals surface area contributed by atoms with Crippen LogP contribution in [0.4, 0.5) is 4.39 Å². The van der Waals surface area contributed by atoms with Crippen LogP contribution in [-0.2, 0) is 6.54 Å². The molecule has 118 valence electrons. The number of nitrogens with one attached hydrogen (secondary N) is 1. The van der Waals surface area contributed by atoms with Gasteiger partial charge in [-0.3, -0.25) is 4.90 Å². The lowest BCUT2D eigenvalue weighted by molar-refractivity contribution is 0.186. The predicted octanol–water partition coefficient (Wildman–Crippen LogP) is 2.24. The Morgan fingerprint density at radius 3 is 3.09 bits per heavy atom. The highest BCUT2D eigenvalue weighted by atomic mass is 35.5. The molecule has 1 aliphatic heterocycles. The van der Waals surface area contributed by atoms with Gasteiger partial charge >= 0.3 is 0 Å². The topological polar surface area (TPSA) is 46.0 Å². The van der Waals surface area contributed by atoms with Crippen molar-refractivity contribution in [3.63, 3.8) is 0 Å². The van der Waals surface area contributed by atoms with E-state index in [0.717, 1.165) is 25.3 Å². The fourth-order valence-electron chi connectivity index (χ4n) is 2.82. The summed E-state index contributed by atoms with van der Waals surface area (Å²) in [7, 11) is 2.00. The number of likely N-dealkylation sites (N-methyl/N-ethyl adjacent to an activating group) is 1. The number of aromatic nitrogens is 3. The summed E-state index contributed by atoms with van der Waals surface area (Å²) in [5, 5.41) is 12.0. The lowest BCUT2D eigenvalue weighted by atomic mass is 10.1. The number of likely N-dealkylation sites (tertiary alicyclic amines) is 1. The van der Waals surface area contributed by atoms with Crippen molar-refractivity contribution in [1.82, 2.24) is 25.2 Å². The molecule has 0 aliphatic carbocycles. The summed E-state index contributed by atoms with van der Waals surface area (Å²) in [6, 6.07) is 4.79. The first kappa shape index (κ1) is 15.4. The Balaban J connectivity index is 1.71. The minimum absolute atomic E-state index is 0.324. The van der Waals surface area contributed by atoms with Crippen molar-refractivity contribution in [2.75, 3.05) is 20.1 Å². The van der Waals surface area contributed by atoms with Crippen molar-refractivity contribution in [2.24, 2.45) is 0 Å². The van der Waals surface area contributed by atoms with Gasteiger partial charge in [-0.1, -0.05) is 16.8 Å². The second-order valence-corrected chi connectivity index (χ2v) is 6.02. The number of benzene rings is 1. The molecule has 1 fully saturated rings. The van der Waals surface area contributed by atoms with E-state index in [9.17, 15) is 4.39 Å². The van der Waals surface area contributed by atoms with Gasteiger partial charge in [-0.15, -0.1) is 5.10 Å². The van der Waals surface area contributed by atoms with Crippen molar-refractivity contribution in [1.29, 1.82) is 0 Å². The van der Waals surface area contributed by atoms with Crippen molar-refractivity contribution < 1.29 is 4.39 Å². The highest BCUT2D eigenvalue weighted by Crippen LogP contribution is 2.21. The average molecular weight is 324 g/mol. The molecule has 22 heavy (non-hydrogen) atoms. The molecular formula is C15H19ClFN5. The Kier molecular flexibility index (Phi) is 4.71. The van der Waals surface area contributed by atoms with Crippen LogP contribution in [0.5, 0.6) is 0 Å². The van der Waals surface area contributed by atoms with E-state index in [2.05, 4.69) is 20.5 Å². The molecule has 1 unspecified atom stereocenters. The first-order chi connectivity index (χ1) is 10.7. The summed E-state index contributed by atoms with van der Waals surface area (Å²) >= 11 is 6.06. The Morgan fingerprint density at radius 2 is 2.32 bits per heavy atom. The van der Waals surface area contributed by atoms with Crippen LogP contribution in [0.2, 0.25) is 5.02 Å². The highest BCUT2D eigenvalue weighted by Gasteiger charge is 2.19. The first-order valence-electron chi connectivity index (χ1n) is 7.42. The van der Waals surface area contributed by atoms with E-state index in [1.165, 1.54) is 25.0 Å². The van der Waals surface area contributed by atoms with Crippen LogP contribution in [0.3, 0.4) is 0 Å². The monoisotopic (exact) mass is 323 g/mol. The van der Waals surface area contributed by atoms with Crippen molar-refractivity contribution >= 4 is 11.6 Å². The molecule has 0 radical (unpaired) electrons. The van der Waals surface area contributed by atoms with Crippen molar-refractivity contribution in [2.45, 2.75) is 25.4 Å². The molecule has 1 aromatic heterocycles. The zero-order valence-corrected chi connectivity index (χ0v) is 13.2. The number of hydrogen-bond donors (Lipinski definition) is 1. The molecule has 1 N–H and O–H groups in total. The smallest absolute Gasteiger partial charge is 0.124 e. The molecule has 3 rings (SSSR count). The largest absolute Gasteiger partial charge is 0.316 e. The van der Waals surface area contributed by atoms with Crippen LogP contribution < -0.4 is 5.32 Å². The van der Waals surface area contributed by atoms with Gasteiger partial charge in [0.15, 0.2) is 0 Å². The Hall–Kier alpha value is -1.50. The third kappa shape index (κ3) is 3.45. The van der Waals surface area contributed by atoms with E-state index in [1.807, 2.05) is 13.2 Å². The molecule has 7 heteroatoms. The molecular weight excluding hydrogens is 305 g/mol. The quantitative estimate of drug-likeness (QED) is 0.937. The van der Waals surface area contributed by atoms with Crippen LogP contribution >= 0.6 is 11.6 Å². The lowest BCUT2D eigenvalue weighted by Gasteiger charge is -2.31. The predicted molar refractivity (Wildman–Crippen MR) is 83.7 cm³/mol. The molecule has 1 aromatic carbocycles. The number of rotatable bonds is 4. The van der Waals surface area contributed by atoms with E-state index >= 15 is 0 Å². The van der Waals surface area contributed by atoms with E-state index in [-0.39, 0.29) is 5.82 Å². The van der Waals surface area contributed by atoms with Gasteiger partial charge in [0.25, 0.3) is 0 Å². The summed E-state index contributed by atoms with van der Waals surface area (Å²) in [6.45, 7) is 2.85. The van der Waals surface area contributed by atoms with Crippen LogP contribution in [0.15, 0.2) is 24.4 Å². The van der Waals surface area contributed by atoms with Gasteiger partial charge in [-0.25, -0.2) is 9.07 Å². The van der Waals surface area contributed by atoms with E-state index in [1.54, 1.807) is 10.7 Å². The fourth-order valence-corrected chi connectivity index (χ4v) is 3.07. The molecule has 1 saturated heterocycles. The van der Waals surface area contributed by atoms with Crippen molar-refractivity contribution in [3.8, 4) is 5.69 Å². The van der Waals surface area contributed by atoms with Crippen LogP contribution in [0.25, 0.3) is 5.69 Å². The highest BCUT2D eigenvalue weighted by molar-refractivity contribution is 6.32. The summed E-state index contributed by atoms with van der Waals surface area (Å²) in [5.74, 6) is -0.361. The molecule has 2 heterocycles.